The molecule has 2 aromatic rings. The number of hydrogen-bond donors (Lipinski definition) is 4. The maximum absolute atomic E-state index is 15.6. The highest BCUT2D eigenvalue weighted by Crippen LogP contribution is 2.49. The van der Waals surface area contributed by atoms with Gasteiger partial charge in [0.05, 0.1) is 21.3 Å². The highest BCUT2D eigenvalue weighted by molar-refractivity contribution is 8.00. The van der Waals surface area contributed by atoms with E-state index in [1.807, 2.05) is 0 Å². The van der Waals surface area contributed by atoms with Crippen molar-refractivity contribution in [3.8, 4) is 0 Å². The van der Waals surface area contributed by atoms with Gasteiger partial charge in [-0.25, -0.2) is 13.6 Å². The van der Waals surface area contributed by atoms with E-state index < -0.39 is 39.7 Å². The fourth-order valence-electron chi connectivity index (χ4n) is 4.01. The van der Waals surface area contributed by atoms with Gasteiger partial charge < -0.3 is 25.7 Å². The number of aromatic carboxylic acids is 1. The van der Waals surface area contributed by atoms with E-state index in [1.165, 1.54) is 4.57 Å². The minimum atomic E-state index is -1.45. The van der Waals surface area contributed by atoms with Crippen LogP contribution in [0.1, 0.15) is 29.1 Å². The normalized spacial score (nSPS) is 21.0. The van der Waals surface area contributed by atoms with E-state index in [9.17, 15) is 14.7 Å². The van der Waals surface area contributed by atoms with Crippen molar-refractivity contribution in [2.75, 3.05) is 30.0 Å². The minimum absolute atomic E-state index is 0.110. The van der Waals surface area contributed by atoms with Gasteiger partial charge in [0.15, 0.2) is 11.6 Å². The Bertz CT molecular complexity index is 1070. The van der Waals surface area contributed by atoms with Crippen molar-refractivity contribution in [2.24, 2.45) is 17.5 Å². The molecule has 4 rings (SSSR count). The Morgan fingerprint density at radius 2 is 2.11 bits per heavy atom. The molecule has 1 fully saturated rings. The molecule has 150 valence electrons. The molecule has 0 saturated carbocycles. The van der Waals surface area contributed by atoms with E-state index >= 15 is 8.78 Å². The van der Waals surface area contributed by atoms with Crippen LogP contribution in [0.4, 0.5) is 20.2 Å². The molecule has 8 nitrogen and oxygen atoms in total. The number of thioether (sulfide) groups is 1. The van der Waals surface area contributed by atoms with Gasteiger partial charge in [0.1, 0.15) is 16.9 Å². The number of fused-ring (bicyclic) bond motifs is 3. The van der Waals surface area contributed by atoms with E-state index in [4.69, 9.17) is 11.6 Å². The lowest BCUT2D eigenvalue weighted by Gasteiger charge is -2.34. The van der Waals surface area contributed by atoms with E-state index in [0.29, 0.717) is 26.1 Å². The first-order valence-electron chi connectivity index (χ1n) is 8.76. The molecule has 1 aromatic carbocycles. The molecule has 3 heterocycles. The number of aromatic nitrogens is 1. The number of hydrogen-bond acceptors (Lipinski definition) is 7. The zero-order valence-corrected chi connectivity index (χ0v) is 15.8. The number of carboxylic acids is 1. The fourth-order valence-corrected chi connectivity index (χ4v) is 5.15. The van der Waals surface area contributed by atoms with Gasteiger partial charge in [-0.15, -0.1) is 0 Å². The Kier molecular flexibility index (Phi) is 4.47. The second-order valence-corrected chi connectivity index (χ2v) is 8.26. The molecule has 0 bridgehead atoms. The summed E-state index contributed by atoms with van der Waals surface area (Å²) in [4.78, 5) is 26.0. The second-order valence-electron chi connectivity index (χ2n) is 6.96. The quantitative estimate of drug-likeness (QED) is 0.442. The summed E-state index contributed by atoms with van der Waals surface area (Å²) >= 11 is 1.15. The van der Waals surface area contributed by atoms with Gasteiger partial charge in [0, 0.05) is 13.1 Å². The van der Waals surface area contributed by atoms with Crippen LogP contribution in [0.25, 0.3) is 10.9 Å². The molecule has 2 aliphatic heterocycles. The third-order valence-electron chi connectivity index (χ3n) is 5.40. The molecule has 1 saturated heterocycles. The number of hydrazine groups is 1. The van der Waals surface area contributed by atoms with Crippen LogP contribution in [-0.4, -0.2) is 35.3 Å². The van der Waals surface area contributed by atoms with Crippen molar-refractivity contribution >= 4 is 40.0 Å². The molecule has 0 radical (unpaired) electrons. The summed E-state index contributed by atoms with van der Waals surface area (Å²) in [5.74, 6) is 2.22. The Morgan fingerprint density at radius 1 is 1.39 bits per heavy atom. The highest BCUT2D eigenvalue weighted by atomic mass is 32.2. The largest absolute Gasteiger partial charge is 0.477 e. The number of benzene rings is 1. The second kappa shape index (κ2) is 6.61. The molecule has 6 N–H and O–H groups in total. The summed E-state index contributed by atoms with van der Waals surface area (Å²) < 4.78 is 32.3. The zero-order valence-electron chi connectivity index (χ0n) is 15.0. The monoisotopic (exact) mass is 411 g/mol. The van der Waals surface area contributed by atoms with Gasteiger partial charge >= 0.3 is 5.97 Å². The number of halogens is 2. The van der Waals surface area contributed by atoms with Crippen molar-refractivity contribution < 1.29 is 18.7 Å². The van der Waals surface area contributed by atoms with E-state index in [2.05, 4.69) is 5.43 Å². The molecule has 0 spiro atoms. The molecule has 2 aliphatic rings. The van der Waals surface area contributed by atoms with Crippen LogP contribution < -0.4 is 27.3 Å². The summed E-state index contributed by atoms with van der Waals surface area (Å²) in [6.45, 7) is 2.94. The molecule has 28 heavy (non-hydrogen) atoms. The predicted molar refractivity (Wildman–Crippen MR) is 103 cm³/mol. The number of pyridine rings is 1. The number of carbonyl (C=O) groups is 1. The number of nitrogens with one attached hydrogen (secondary N) is 1. The molecule has 0 amide bonds. The average molecular weight is 411 g/mol. The number of nitrogen functional groups attached to an aromatic ring is 1. The van der Waals surface area contributed by atoms with Crippen molar-refractivity contribution in [1.82, 2.24) is 4.57 Å². The van der Waals surface area contributed by atoms with Crippen molar-refractivity contribution in [2.45, 2.75) is 23.7 Å². The van der Waals surface area contributed by atoms with Crippen molar-refractivity contribution in [1.29, 1.82) is 0 Å². The molecule has 2 unspecified atom stereocenters. The molecule has 1 aromatic heterocycles. The molecular formula is C17H19F2N5O3S. The van der Waals surface area contributed by atoms with Crippen molar-refractivity contribution in [3.63, 3.8) is 0 Å². The predicted octanol–water partition coefficient (Wildman–Crippen LogP) is 1.67. The van der Waals surface area contributed by atoms with E-state index in [0.717, 1.165) is 11.8 Å². The Hall–Kier alpha value is -2.37. The van der Waals surface area contributed by atoms with Crippen LogP contribution in [0.2, 0.25) is 0 Å². The fraction of sp³-hybridized carbons (Fsp3) is 0.412. The zero-order chi connectivity index (χ0) is 20.3. The standard InChI is InChI=1S/C17H19F2N5O3S/c1-6-24-13-8(15(25)9(17(26)27)16(24)28-6)12(22-21)10(18)14(11(13)19)23-3-2-7(4-20)5-23/h6-7,22H,2-5,20-21H2,1H3,(H,26,27). The average Bonchev–Trinajstić information content (AvgIpc) is 3.11. The maximum atomic E-state index is 15.6. The van der Waals surface area contributed by atoms with Gasteiger partial charge in [-0.2, -0.15) is 0 Å². The Balaban J connectivity index is 2.10. The lowest BCUT2D eigenvalue weighted by Crippen LogP contribution is -2.31. The van der Waals surface area contributed by atoms with Crippen LogP contribution in [0.3, 0.4) is 0 Å². The van der Waals surface area contributed by atoms with Crippen LogP contribution in [0.5, 0.6) is 0 Å². The summed E-state index contributed by atoms with van der Waals surface area (Å²) in [6.07, 6.45) is 0.696. The highest BCUT2D eigenvalue weighted by Gasteiger charge is 2.38. The summed E-state index contributed by atoms with van der Waals surface area (Å²) in [5, 5.41) is 8.89. The lowest BCUT2D eigenvalue weighted by molar-refractivity contribution is 0.0689. The Morgan fingerprint density at radius 3 is 2.64 bits per heavy atom. The number of rotatable bonds is 4. The van der Waals surface area contributed by atoms with Crippen LogP contribution >= 0.6 is 11.8 Å². The number of nitrogens with zero attached hydrogens (tertiary/aromatic N) is 2. The summed E-state index contributed by atoms with van der Waals surface area (Å²) in [5.41, 5.74) is 5.52. The van der Waals surface area contributed by atoms with Gasteiger partial charge in [-0.1, -0.05) is 11.8 Å². The Labute approximate surface area is 162 Å². The summed E-state index contributed by atoms with van der Waals surface area (Å²) in [7, 11) is 0. The smallest absolute Gasteiger partial charge is 0.342 e. The van der Waals surface area contributed by atoms with Crippen LogP contribution in [0.15, 0.2) is 9.82 Å². The third kappa shape index (κ3) is 2.43. The molecule has 0 aliphatic carbocycles. The first kappa shape index (κ1) is 19.0. The van der Waals surface area contributed by atoms with Crippen LogP contribution in [0, 0.1) is 17.6 Å². The number of carboxylic acid groups (broad SMARTS) is 1. The topological polar surface area (TPSA) is 127 Å². The molecule has 2 atom stereocenters. The van der Waals surface area contributed by atoms with Gasteiger partial charge in [-0.05, 0) is 25.8 Å². The summed E-state index contributed by atoms with van der Waals surface area (Å²) in [6, 6.07) is 0. The van der Waals surface area contributed by atoms with E-state index in [-0.39, 0.29) is 27.5 Å². The third-order valence-corrected chi connectivity index (χ3v) is 6.57. The maximum Gasteiger partial charge on any atom is 0.342 e. The number of nitrogens with two attached hydrogens (primary N) is 2. The SMILES string of the molecule is CC1Sc2c(C(=O)O)c(=O)c3c(NN)c(F)c(N4CCC(CN)C4)c(F)c3n21. The first-order valence-corrected chi connectivity index (χ1v) is 9.64. The van der Waals surface area contributed by atoms with Crippen molar-refractivity contribution in [3.05, 3.63) is 27.4 Å². The minimum Gasteiger partial charge on any atom is -0.477 e. The lowest BCUT2D eigenvalue weighted by atomic mass is 10.1. The van der Waals surface area contributed by atoms with Gasteiger partial charge in [0.2, 0.25) is 5.43 Å². The molecular weight excluding hydrogens is 392 g/mol. The van der Waals surface area contributed by atoms with Gasteiger partial charge in [-0.3, -0.25) is 10.6 Å². The van der Waals surface area contributed by atoms with Gasteiger partial charge in [0.25, 0.3) is 0 Å². The first-order chi connectivity index (χ1) is 13.3. The molecule has 11 heteroatoms. The van der Waals surface area contributed by atoms with Crippen LogP contribution in [-0.2, 0) is 0 Å². The van der Waals surface area contributed by atoms with E-state index in [1.54, 1.807) is 11.8 Å². The number of anilines is 2.